The molecule has 1 fully saturated rings. The molecule has 0 aromatic heterocycles. The van der Waals surface area contributed by atoms with Crippen molar-refractivity contribution in [1.29, 1.82) is 0 Å². The Morgan fingerprint density at radius 3 is 2.92 bits per heavy atom. The fraction of sp³-hybridized carbons (Fsp3) is 0.524. The summed E-state index contributed by atoms with van der Waals surface area (Å²) < 4.78 is 0. The zero-order valence-corrected chi connectivity index (χ0v) is 16.9. The minimum absolute atomic E-state index is 0.299. The lowest BCUT2D eigenvalue weighted by molar-refractivity contribution is 0.437. The van der Waals surface area contributed by atoms with Crippen LogP contribution in [0.3, 0.4) is 0 Å². The fourth-order valence-electron chi connectivity index (χ4n) is 4.09. The molecule has 1 aromatic carbocycles. The second-order valence-electron chi connectivity index (χ2n) is 7.47. The van der Waals surface area contributed by atoms with Gasteiger partial charge in [0, 0.05) is 18.6 Å². The van der Waals surface area contributed by atoms with E-state index in [9.17, 15) is 0 Å². The number of halogens is 2. The zero-order chi connectivity index (χ0) is 18.5. The highest BCUT2D eigenvalue weighted by Crippen LogP contribution is 2.30. The molecule has 1 aromatic rings. The van der Waals surface area contributed by atoms with Crippen LogP contribution in [0.4, 0.5) is 0 Å². The van der Waals surface area contributed by atoms with Gasteiger partial charge in [0.2, 0.25) is 0 Å². The molecule has 0 radical (unpaired) electrons. The normalized spacial score (nSPS) is 24.2. The molecule has 4 N–H and O–H groups in total. The van der Waals surface area contributed by atoms with E-state index in [1.807, 2.05) is 18.2 Å². The van der Waals surface area contributed by atoms with Gasteiger partial charge in [0.15, 0.2) is 0 Å². The number of fused-ring (bicyclic) bond motifs is 1. The smallest absolute Gasteiger partial charge is 0.0595 e. The third-order valence-corrected chi connectivity index (χ3v) is 6.34. The maximum absolute atomic E-state index is 6.15. The summed E-state index contributed by atoms with van der Waals surface area (Å²) in [5.41, 5.74) is 8.73. The Kier molecular flexibility index (Phi) is 7.19. The molecule has 142 valence electrons. The number of hydrogen-bond donors (Lipinski definition) is 3. The Morgan fingerprint density at radius 2 is 2.15 bits per heavy atom. The first-order chi connectivity index (χ1) is 12.6. The molecule has 2 aliphatic rings. The van der Waals surface area contributed by atoms with Gasteiger partial charge < -0.3 is 16.4 Å². The van der Waals surface area contributed by atoms with E-state index in [1.54, 1.807) is 5.57 Å². The summed E-state index contributed by atoms with van der Waals surface area (Å²) in [6.45, 7) is 4.94. The molecular formula is C21H29Cl2N3. The number of rotatable bonds is 8. The van der Waals surface area contributed by atoms with Crippen LogP contribution in [0.2, 0.25) is 10.0 Å². The average Bonchev–Trinajstić information content (AvgIpc) is 3.04. The molecule has 3 nitrogen and oxygen atoms in total. The van der Waals surface area contributed by atoms with Crippen molar-refractivity contribution < 1.29 is 0 Å². The van der Waals surface area contributed by atoms with Crippen molar-refractivity contribution in [2.75, 3.05) is 19.6 Å². The first kappa shape index (κ1) is 19.9. The molecule has 4 atom stereocenters. The molecule has 0 amide bonds. The molecule has 4 unspecified atom stereocenters. The van der Waals surface area contributed by atoms with E-state index in [0.717, 1.165) is 25.9 Å². The highest BCUT2D eigenvalue weighted by atomic mass is 35.5. The minimum Gasteiger partial charge on any atom is -0.330 e. The van der Waals surface area contributed by atoms with Crippen molar-refractivity contribution in [1.82, 2.24) is 10.6 Å². The second-order valence-corrected chi connectivity index (χ2v) is 8.29. The van der Waals surface area contributed by atoms with E-state index in [1.165, 1.54) is 12.0 Å². The average molecular weight is 394 g/mol. The molecule has 1 heterocycles. The van der Waals surface area contributed by atoms with Gasteiger partial charge in [0.1, 0.15) is 0 Å². The Balaban J connectivity index is 1.46. The van der Waals surface area contributed by atoms with Crippen LogP contribution in [0.25, 0.3) is 0 Å². The molecule has 0 spiro atoms. The van der Waals surface area contributed by atoms with Gasteiger partial charge in [-0.25, -0.2) is 0 Å². The Hall–Kier alpha value is -0.840. The van der Waals surface area contributed by atoms with Crippen molar-refractivity contribution in [3.05, 3.63) is 57.6 Å². The van der Waals surface area contributed by atoms with Gasteiger partial charge in [0.05, 0.1) is 10.0 Å². The zero-order valence-electron chi connectivity index (χ0n) is 15.3. The summed E-state index contributed by atoms with van der Waals surface area (Å²) in [7, 11) is 0. The summed E-state index contributed by atoms with van der Waals surface area (Å²) in [5, 5.41) is 8.51. The molecule has 0 bridgehead atoms. The maximum atomic E-state index is 6.15. The SMILES string of the molecule is CC(CC1CNC2CC=CC=C12)NCCC(CN)c1ccc(Cl)c(Cl)c1. The lowest BCUT2D eigenvalue weighted by atomic mass is 9.88. The molecule has 0 saturated carbocycles. The topological polar surface area (TPSA) is 50.1 Å². The molecule has 1 saturated heterocycles. The lowest BCUT2D eigenvalue weighted by Crippen LogP contribution is -2.31. The van der Waals surface area contributed by atoms with E-state index >= 15 is 0 Å². The second kappa shape index (κ2) is 9.38. The number of nitrogens with two attached hydrogens (primary N) is 1. The van der Waals surface area contributed by atoms with Crippen LogP contribution in [-0.2, 0) is 0 Å². The molecule has 5 heteroatoms. The Bertz CT molecular complexity index is 671. The maximum Gasteiger partial charge on any atom is 0.0595 e. The van der Waals surface area contributed by atoms with E-state index < -0.39 is 0 Å². The molecule has 26 heavy (non-hydrogen) atoms. The number of nitrogens with one attached hydrogen (secondary N) is 2. The van der Waals surface area contributed by atoms with Gasteiger partial charge in [-0.1, -0.05) is 47.5 Å². The standard InChI is InChI=1S/C21H29Cl2N3/c1-14(10-17-13-26-21-5-3-2-4-18(17)21)25-9-8-16(12-24)15-6-7-19(22)20(23)11-15/h2-4,6-7,11,14,16-17,21,25-26H,5,8-10,12-13,24H2,1H3. The van der Waals surface area contributed by atoms with Gasteiger partial charge in [0.25, 0.3) is 0 Å². The lowest BCUT2D eigenvalue weighted by Gasteiger charge is -2.22. The highest BCUT2D eigenvalue weighted by molar-refractivity contribution is 6.42. The predicted octanol–water partition coefficient (Wildman–Crippen LogP) is 4.27. The Morgan fingerprint density at radius 1 is 1.31 bits per heavy atom. The van der Waals surface area contributed by atoms with Crippen LogP contribution >= 0.6 is 23.2 Å². The summed E-state index contributed by atoms with van der Waals surface area (Å²) >= 11 is 12.2. The van der Waals surface area contributed by atoms with E-state index in [4.69, 9.17) is 28.9 Å². The molecule has 1 aliphatic heterocycles. The number of allylic oxidation sites excluding steroid dienone is 2. The summed E-state index contributed by atoms with van der Waals surface area (Å²) in [4.78, 5) is 0. The summed E-state index contributed by atoms with van der Waals surface area (Å²) in [5.74, 6) is 0.945. The van der Waals surface area contributed by atoms with Gasteiger partial charge in [-0.3, -0.25) is 0 Å². The fourth-order valence-corrected chi connectivity index (χ4v) is 4.40. The van der Waals surface area contributed by atoms with Gasteiger partial charge in [-0.05, 0) is 74.4 Å². The van der Waals surface area contributed by atoms with Crippen LogP contribution in [0, 0.1) is 5.92 Å². The van der Waals surface area contributed by atoms with E-state index in [2.05, 4.69) is 35.8 Å². The van der Waals surface area contributed by atoms with Crippen molar-refractivity contribution in [2.45, 2.75) is 44.2 Å². The summed E-state index contributed by atoms with van der Waals surface area (Å²) in [6, 6.07) is 6.88. The third-order valence-electron chi connectivity index (χ3n) is 5.60. The molecular weight excluding hydrogens is 365 g/mol. The molecule has 1 aliphatic carbocycles. The molecule has 3 rings (SSSR count). The van der Waals surface area contributed by atoms with E-state index in [-0.39, 0.29) is 0 Å². The van der Waals surface area contributed by atoms with E-state index in [0.29, 0.717) is 40.5 Å². The van der Waals surface area contributed by atoms with Crippen molar-refractivity contribution in [2.24, 2.45) is 11.7 Å². The van der Waals surface area contributed by atoms with Gasteiger partial charge >= 0.3 is 0 Å². The van der Waals surface area contributed by atoms with Crippen LogP contribution in [0.1, 0.15) is 37.7 Å². The van der Waals surface area contributed by atoms with Crippen LogP contribution in [0.5, 0.6) is 0 Å². The Labute approximate surface area is 167 Å². The van der Waals surface area contributed by atoms with Crippen molar-refractivity contribution >= 4 is 23.2 Å². The van der Waals surface area contributed by atoms with Crippen LogP contribution in [0.15, 0.2) is 42.0 Å². The third kappa shape index (κ3) is 4.90. The first-order valence-corrected chi connectivity index (χ1v) is 10.3. The first-order valence-electron chi connectivity index (χ1n) is 9.57. The van der Waals surface area contributed by atoms with Gasteiger partial charge in [-0.2, -0.15) is 0 Å². The van der Waals surface area contributed by atoms with Crippen LogP contribution < -0.4 is 16.4 Å². The highest BCUT2D eigenvalue weighted by Gasteiger charge is 2.30. The monoisotopic (exact) mass is 393 g/mol. The minimum atomic E-state index is 0.299. The predicted molar refractivity (Wildman–Crippen MR) is 112 cm³/mol. The van der Waals surface area contributed by atoms with Crippen molar-refractivity contribution in [3.8, 4) is 0 Å². The van der Waals surface area contributed by atoms with Crippen LogP contribution in [-0.4, -0.2) is 31.7 Å². The number of benzene rings is 1. The quantitative estimate of drug-likeness (QED) is 0.617. The largest absolute Gasteiger partial charge is 0.330 e. The number of hydrogen-bond acceptors (Lipinski definition) is 3. The van der Waals surface area contributed by atoms with Gasteiger partial charge in [-0.15, -0.1) is 0 Å². The van der Waals surface area contributed by atoms with Crippen molar-refractivity contribution in [3.63, 3.8) is 0 Å². The summed E-state index contributed by atoms with van der Waals surface area (Å²) in [6.07, 6.45) is 10.1.